The topological polar surface area (TPSA) is 96.0 Å². The predicted octanol–water partition coefficient (Wildman–Crippen LogP) is 5.62. The van der Waals surface area contributed by atoms with Gasteiger partial charge in [0.15, 0.2) is 0 Å². The highest BCUT2D eigenvalue weighted by Crippen LogP contribution is 2.28. The number of amides is 2. The van der Waals surface area contributed by atoms with E-state index >= 15 is 0 Å². The molecule has 1 atom stereocenters. The highest BCUT2D eigenvalue weighted by molar-refractivity contribution is 7.98. The number of thioether (sulfide) groups is 1. The number of anilines is 1. The fraction of sp³-hybridized carbons (Fsp3) is 0.375. The Balaban J connectivity index is 1.70. The van der Waals surface area contributed by atoms with Gasteiger partial charge in [0, 0.05) is 23.0 Å². The quantitative estimate of drug-likeness (QED) is 0.247. The number of nitrogens with one attached hydrogen (secondary N) is 1. The molecule has 230 valence electrons. The van der Waals surface area contributed by atoms with Gasteiger partial charge in [0.25, 0.3) is 10.0 Å². The zero-order chi connectivity index (χ0) is 31.0. The smallest absolute Gasteiger partial charge is 0.264 e. The summed E-state index contributed by atoms with van der Waals surface area (Å²) in [5.74, 6) is -0.971. The number of sulfonamides is 1. The van der Waals surface area contributed by atoms with Crippen LogP contribution in [0.15, 0.2) is 82.6 Å². The van der Waals surface area contributed by atoms with Crippen LogP contribution in [0.1, 0.15) is 45.1 Å². The van der Waals surface area contributed by atoms with Crippen LogP contribution in [0.5, 0.6) is 5.75 Å². The SMILES string of the molecule is CCOc1ccc(N(CC(=O)N(Cc2ccccc2F)[C@H](C)C(=O)NC2CCCC2)S(=O)(=O)c2ccc(SC)cc2)cc1. The molecule has 1 aliphatic carbocycles. The minimum atomic E-state index is -4.22. The van der Waals surface area contributed by atoms with Gasteiger partial charge in [-0.2, -0.15) is 0 Å². The number of hydrogen-bond donors (Lipinski definition) is 1. The van der Waals surface area contributed by atoms with Gasteiger partial charge in [0.1, 0.15) is 24.2 Å². The molecule has 1 aliphatic rings. The second-order valence-electron chi connectivity index (χ2n) is 10.4. The highest BCUT2D eigenvalue weighted by Gasteiger charge is 2.33. The van der Waals surface area contributed by atoms with E-state index in [0.717, 1.165) is 34.9 Å². The summed E-state index contributed by atoms with van der Waals surface area (Å²) in [7, 11) is -4.22. The van der Waals surface area contributed by atoms with E-state index in [2.05, 4.69) is 5.32 Å². The zero-order valence-electron chi connectivity index (χ0n) is 24.7. The molecule has 0 radical (unpaired) electrons. The van der Waals surface area contributed by atoms with Gasteiger partial charge in [0.05, 0.1) is 17.2 Å². The molecule has 0 aromatic heterocycles. The normalized spacial score (nSPS) is 14.2. The van der Waals surface area contributed by atoms with E-state index in [1.807, 2.05) is 13.2 Å². The Morgan fingerprint density at radius 2 is 1.67 bits per heavy atom. The molecule has 2 amide bonds. The molecule has 0 unspecified atom stereocenters. The van der Waals surface area contributed by atoms with Crippen molar-refractivity contribution in [3.63, 3.8) is 0 Å². The first-order valence-corrected chi connectivity index (χ1v) is 17.0. The van der Waals surface area contributed by atoms with Gasteiger partial charge in [-0.15, -0.1) is 11.8 Å². The van der Waals surface area contributed by atoms with Crippen LogP contribution in [0.25, 0.3) is 0 Å². The maximum Gasteiger partial charge on any atom is 0.264 e. The van der Waals surface area contributed by atoms with Crippen LogP contribution in [-0.2, 0) is 26.2 Å². The molecule has 3 aromatic rings. The summed E-state index contributed by atoms with van der Waals surface area (Å²) in [4.78, 5) is 29.5. The summed E-state index contributed by atoms with van der Waals surface area (Å²) in [6.45, 7) is 3.06. The summed E-state index contributed by atoms with van der Waals surface area (Å²) < 4.78 is 49.3. The lowest BCUT2D eigenvalue weighted by Crippen LogP contribution is -2.52. The molecule has 1 N–H and O–H groups in total. The Kier molecular flexibility index (Phi) is 11.1. The first-order valence-electron chi connectivity index (χ1n) is 14.4. The molecule has 0 saturated heterocycles. The van der Waals surface area contributed by atoms with E-state index < -0.39 is 34.3 Å². The minimum Gasteiger partial charge on any atom is -0.494 e. The van der Waals surface area contributed by atoms with Gasteiger partial charge in [-0.3, -0.25) is 13.9 Å². The van der Waals surface area contributed by atoms with Crippen LogP contribution in [0.4, 0.5) is 10.1 Å². The van der Waals surface area contributed by atoms with Crippen LogP contribution in [0.3, 0.4) is 0 Å². The van der Waals surface area contributed by atoms with Gasteiger partial charge in [-0.1, -0.05) is 31.0 Å². The predicted molar refractivity (Wildman–Crippen MR) is 167 cm³/mol. The Labute approximate surface area is 257 Å². The third kappa shape index (κ3) is 8.08. The van der Waals surface area contributed by atoms with E-state index in [4.69, 9.17) is 4.74 Å². The van der Waals surface area contributed by atoms with Crippen molar-refractivity contribution in [3.8, 4) is 5.75 Å². The van der Waals surface area contributed by atoms with E-state index in [-0.39, 0.29) is 34.6 Å². The number of halogens is 1. The van der Waals surface area contributed by atoms with E-state index in [1.165, 1.54) is 34.9 Å². The van der Waals surface area contributed by atoms with Crippen LogP contribution in [-0.4, -0.2) is 56.6 Å². The second-order valence-corrected chi connectivity index (χ2v) is 13.1. The molecule has 3 aromatic carbocycles. The van der Waals surface area contributed by atoms with Crippen molar-refractivity contribution in [2.75, 3.05) is 23.7 Å². The number of benzene rings is 3. The number of hydrogen-bond acceptors (Lipinski definition) is 6. The third-order valence-corrected chi connectivity index (χ3v) is 10.1. The molecule has 0 bridgehead atoms. The monoisotopic (exact) mass is 627 g/mol. The van der Waals surface area contributed by atoms with Gasteiger partial charge >= 0.3 is 0 Å². The lowest BCUT2D eigenvalue weighted by Gasteiger charge is -2.32. The van der Waals surface area contributed by atoms with Crippen LogP contribution in [0, 0.1) is 5.82 Å². The third-order valence-electron chi connectivity index (χ3n) is 7.53. The van der Waals surface area contributed by atoms with Crippen LogP contribution < -0.4 is 14.4 Å². The number of carbonyl (C=O) groups excluding carboxylic acids is 2. The average Bonchev–Trinajstić information content (AvgIpc) is 3.52. The molecule has 4 rings (SSSR count). The maximum atomic E-state index is 14.7. The Bertz CT molecular complexity index is 1490. The zero-order valence-corrected chi connectivity index (χ0v) is 26.3. The molecule has 11 heteroatoms. The number of rotatable bonds is 13. The van der Waals surface area contributed by atoms with Crippen molar-refractivity contribution in [3.05, 3.63) is 84.2 Å². The van der Waals surface area contributed by atoms with Gasteiger partial charge in [-0.05, 0) is 87.5 Å². The molecule has 1 saturated carbocycles. The fourth-order valence-electron chi connectivity index (χ4n) is 5.06. The van der Waals surface area contributed by atoms with Crippen molar-refractivity contribution in [2.24, 2.45) is 0 Å². The Morgan fingerprint density at radius 3 is 2.28 bits per heavy atom. The molecule has 0 aliphatic heterocycles. The minimum absolute atomic E-state index is 0.0136. The van der Waals surface area contributed by atoms with E-state index in [1.54, 1.807) is 61.5 Å². The van der Waals surface area contributed by atoms with Gasteiger partial charge in [-0.25, -0.2) is 12.8 Å². The summed E-state index contributed by atoms with van der Waals surface area (Å²) >= 11 is 1.48. The van der Waals surface area contributed by atoms with E-state index in [9.17, 15) is 22.4 Å². The molecular formula is C32H38FN3O5S2. The van der Waals surface area contributed by atoms with Crippen molar-refractivity contribution in [1.29, 1.82) is 0 Å². The van der Waals surface area contributed by atoms with Gasteiger partial charge in [0.2, 0.25) is 11.8 Å². The second kappa shape index (κ2) is 14.7. The Hall–Kier alpha value is -3.57. The largest absolute Gasteiger partial charge is 0.494 e. The molecule has 43 heavy (non-hydrogen) atoms. The van der Waals surface area contributed by atoms with Crippen LogP contribution >= 0.6 is 11.8 Å². The fourth-order valence-corrected chi connectivity index (χ4v) is 6.89. The Morgan fingerprint density at radius 1 is 1.02 bits per heavy atom. The maximum absolute atomic E-state index is 14.7. The lowest BCUT2D eigenvalue weighted by atomic mass is 10.1. The number of ether oxygens (including phenoxy) is 1. The molecule has 8 nitrogen and oxygen atoms in total. The highest BCUT2D eigenvalue weighted by atomic mass is 32.2. The molecule has 0 heterocycles. The van der Waals surface area contributed by atoms with Crippen molar-refractivity contribution in [2.45, 2.75) is 68.0 Å². The van der Waals surface area contributed by atoms with Crippen molar-refractivity contribution in [1.82, 2.24) is 10.2 Å². The standard InChI is InChI=1S/C32H38FN3O5S2/c1-4-41-27-15-13-26(14-16-27)36(43(39,40)29-19-17-28(42-3)18-20-29)22-31(37)35(21-24-9-5-8-12-30(24)33)23(2)32(38)34-25-10-6-7-11-25/h5,8-9,12-20,23,25H,4,6-7,10-11,21-22H2,1-3H3,(H,34,38)/t23-/m1/s1. The summed E-state index contributed by atoms with van der Waals surface area (Å²) in [5.41, 5.74) is 0.471. The first kappa shape index (κ1) is 32.3. The molecule has 1 fully saturated rings. The molecular weight excluding hydrogens is 590 g/mol. The lowest BCUT2D eigenvalue weighted by molar-refractivity contribution is -0.139. The van der Waals surface area contributed by atoms with Crippen LogP contribution in [0.2, 0.25) is 0 Å². The number of nitrogens with zero attached hydrogens (tertiary/aromatic N) is 2. The first-order chi connectivity index (χ1) is 20.6. The van der Waals surface area contributed by atoms with Crippen molar-refractivity contribution < 1.29 is 27.1 Å². The number of carbonyl (C=O) groups is 2. The molecule has 0 spiro atoms. The summed E-state index contributed by atoms with van der Waals surface area (Å²) in [6, 6.07) is 17.9. The average molecular weight is 628 g/mol. The van der Waals surface area contributed by atoms with E-state index in [0.29, 0.717) is 12.4 Å². The summed E-state index contributed by atoms with van der Waals surface area (Å²) in [6.07, 6.45) is 5.65. The summed E-state index contributed by atoms with van der Waals surface area (Å²) in [5, 5.41) is 3.01. The van der Waals surface area contributed by atoms with Gasteiger partial charge < -0.3 is 15.0 Å². The van der Waals surface area contributed by atoms with Crippen molar-refractivity contribution >= 4 is 39.3 Å².